The highest BCUT2D eigenvalue weighted by molar-refractivity contribution is 5.68. The lowest BCUT2D eigenvalue weighted by Gasteiger charge is -1.98. The van der Waals surface area contributed by atoms with Gasteiger partial charge in [-0.05, 0) is 12.1 Å². The highest BCUT2D eigenvalue weighted by Gasteiger charge is 2.21. The van der Waals surface area contributed by atoms with Crippen LogP contribution in [0.25, 0.3) is 11.5 Å². The molecule has 0 aliphatic heterocycles. The van der Waals surface area contributed by atoms with E-state index < -0.39 is 29.0 Å². The molecule has 0 saturated heterocycles. The summed E-state index contributed by atoms with van der Waals surface area (Å²) in [7, 11) is 0. The number of nitrogens with zero attached hydrogens (tertiary/aromatic N) is 3. The van der Waals surface area contributed by atoms with Crippen molar-refractivity contribution in [1.82, 2.24) is 10.2 Å². The molecule has 0 saturated carbocycles. The van der Waals surface area contributed by atoms with Crippen molar-refractivity contribution in [1.29, 1.82) is 0 Å². The third kappa shape index (κ3) is 3.57. The van der Waals surface area contributed by atoms with Gasteiger partial charge in [-0.2, -0.15) is 0 Å². The molecule has 0 unspecified atom stereocenters. The van der Waals surface area contributed by atoms with E-state index in [4.69, 9.17) is 14.3 Å². The first-order valence-corrected chi connectivity index (χ1v) is 5.53. The van der Waals surface area contributed by atoms with Crippen molar-refractivity contribution in [2.24, 2.45) is 0 Å². The third-order valence-corrected chi connectivity index (χ3v) is 2.30. The number of hydrogen-bond acceptors (Lipinski definition) is 7. The minimum atomic E-state index is -1.17. The molecule has 2 aromatic rings. The predicted octanol–water partition coefficient (Wildman–Crippen LogP) is 1.39. The van der Waals surface area contributed by atoms with Crippen molar-refractivity contribution in [3.63, 3.8) is 0 Å². The van der Waals surface area contributed by atoms with E-state index in [1.807, 2.05) is 0 Å². The first-order chi connectivity index (χ1) is 9.97. The van der Waals surface area contributed by atoms with Crippen molar-refractivity contribution >= 4 is 11.7 Å². The SMILES string of the molecule is O=C(O)COCc1nnc(-c2cc(F)ccc2[N+](=O)[O-])o1. The number of nitro benzene ring substituents is 1. The summed E-state index contributed by atoms with van der Waals surface area (Å²) in [6.45, 7) is -0.833. The molecule has 0 bridgehead atoms. The van der Waals surface area contributed by atoms with E-state index in [1.54, 1.807) is 0 Å². The zero-order valence-electron chi connectivity index (χ0n) is 10.4. The molecule has 9 nitrogen and oxygen atoms in total. The van der Waals surface area contributed by atoms with Gasteiger partial charge >= 0.3 is 5.97 Å². The molecule has 0 aliphatic rings. The zero-order chi connectivity index (χ0) is 15.4. The van der Waals surface area contributed by atoms with Crippen LogP contribution in [0, 0.1) is 15.9 Å². The van der Waals surface area contributed by atoms with Gasteiger partial charge in [0, 0.05) is 6.07 Å². The number of carbonyl (C=O) groups is 1. The molecule has 0 fully saturated rings. The van der Waals surface area contributed by atoms with Gasteiger partial charge in [0.15, 0.2) is 0 Å². The van der Waals surface area contributed by atoms with Crippen molar-refractivity contribution in [2.45, 2.75) is 6.61 Å². The van der Waals surface area contributed by atoms with Gasteiger partial charge in [-0.1, -0.05) is 0 Å². The summed E-state index contributed by atoms with van der Waals surface area (Å²) in [6, 6.07) is 2.82. The molecule has 1 aromatic carbocycles. The number of benzene rings is 1. The topological polar surface area (TPSA) is 129 Å². The van der Waals surface area contributed by atoms with Crippen LogP contribution in [0.5, 0.6) is 0 Å². The van der Waals surface area contributed by atoms with Gasteiger partial charge in [-0.15, -0.1) is 10.2 Å². The molecule has 0 radical (unpaired) electrons. The molecule has 110 valence electrons. The maximum Gasteiger partial charge on any atom is 0.329 e. The van der Waals surface area contributed by atoms with Crippen LogP contribution in [0.1, 0.15) is 5.89 Å². The number of carboxylic acids is 1. The lowest BCUT2D eigenvalue weighted by molar-refractivity contribution is -0.384. The molecule has 10 heteroatoms. The van der Waals surface area contributed by atoms with Gasteiger partial charge in [0.25, 0.3) is 11.6 Å². The molecule has 0 amide bonds. The Morgan fingerprint density at radius 2 is 2.24 bits per heavy atom. The zero-order valence-corrected chi connectivity index (χ0v) is 10.4. The van der Waals surface area contributed by atoms with E-state index in [-0.39, 0.29) is 24.0 Å². The Bertz CT molecular complexity index is 686. The fourth-order valence-corrected chi connectivity index (χ4v) is 1.49. The molecule has 2 rings (SSSR count). The number of rotatable bonds is 6. The van der Waals surface area contributed by atoms with Crippen LogP contribution >= 0.6 is 0 Å². The largest absolute Gasteiger partial charge is 0.480 e. The van der Waals surface area contributed by atoms with Gasteiger partial charge < -0.3 is 14.3 Å². The molecule has 21 heavy (non-hydrogen) atoms. The van der Waals surface area contributed by atoms with Gasteiger partial charge in [-0.3, -0.25) is 10.1 Å². The van der Waals surface area contributed by atoms with Crippen molar-refractivity contribution in [3.05, 3.63) is 40.0 Å². The van der Waals surface area contributed by atoms with E-state index in [0.717, 1.165) is 18.2 Å². The second-order valence-electron chi connectivity index (χ2n) is 3.81. The van der Waals surface area contributed by atoms with Gasteiger partial charge in [-0.25, -0.2) is 9.18 Å². The van der Waals surface area contributed by atoms with Crippen LogP contribution in [0.3, 0.4) is 0 Å². The number of hydrogen-bond donors (Lipinski definition) is 1. The minimum Gasteiger partial charge on any atom is -0.480 e. The number of aromatic nitrogens is 2. The summed E-state index contributed by atoms with van der Waals surface area (Å²) in [5.41, 5.74) is -0.560. The number of carboxylic acid groups (broad SMARTS) is 1. The second-order valence-corrected chi connectivity index (χ2v) is 3.81. The molecule has 1 aromatic heterocycles. The molecule has 1 heterocycles. The number of aliphatic carboxylic acids is 1. The number of halogens is 1. The number of nitro groups is 1. The monoisotopic (exact) mass is 297 g/mol. The van der Waals surface area contributed by atoms with Crippen LogP contribution in [0.15, 0.2) is 22.6 Å². The summed E-state index contributed by atoms with van der Waals surface area (Å²) in [5.74, 6) is -2.20. The Kier molecular flexibility index (Phi) is 4.18. The van der Waals surface area contributed by atoms with Crippen molar-refractivity contribution in [2.75, 3.05) is 6.61 Å². The maximum absolute atomic E-state index is 13.2. The Balaban J connectivity index is 2.23. The number of ether oxygens (including phenoxy) is 1. The summed E-state index contributed by atoms with van der Waals surface area (Å²) in [4.78, 5) is 20.4. The van der Waals surface area contributed by atoms with E-state index in [0.29, 0.717) is 0 Å². The summed E-state index contributed by atoms with van der Waals surface area (Å²) < 4.78 is 23.0. The molecule has 0 atom stereocenters. The van der Waals surface area contributed by atoms with Crippen LogP contribution in [-0.4, -0.2) is 32.8 Å². The fourth-order valence-electron chi connectivity index (χ4n) is 1.49. The van der Waals surface area contributed by atoms with E-state index in [9.17, 15) is 19.3 Å². The lowest BCUT2D eigenvalue weighted by Crippen LogP contribution is -2.06. The van der Waals surface area contributed by atoms with Crippen LogP contribution in [0.4, 0.5) is 10.1 Å². The third-order valence-electron chi connectivity index (χ3n) is 2.30. The molecule has 0 aliphatic carbocycles. The quantitative estimate of drug-likeness (QED) is 0.625. The van der Waals surface area contributed by atoms with Gasteiger partial charge in [0.05, 0.1) is 4.92 Å². The Morgan fingerprint density at radius 3 is 2.90 bits per heavy atom. The van der Waals surface area contributed by atoms with E-state index >= 15 is 0 Å². The normalized spacial score (nSPS) is 10.5. The average Bonchev–Trinajstić information content (AvgIpc) is 2.86. The molecular weight excluding hydrogens is 289 g/mol. The van der Waals surface area contributed by atoms with Crippen LogP contribution in [0.2, 0.25) is 0 Å². The highest BCUT2D eigenvalue weighted by Crippen LogP contribution is 2.29. The van der Waals surface area contributed by atoms with E-state index in [2.05, 4.69) is 10.2 Å². The molecule has 1 N–H and O–H groups in total. The maximum atomic E-state index is 13.2. The first kappa shape index (κ1) is 14.5. The predicted molar refractivity (Wildman–Crippen MR) is 63.6 cm³/mol. The van der Waals surface area contributed by atoms with Crippen LogP contribution in [-0.2, 0) is 16.1 Å². The van der Waals surface area contributed by atoms with Crippen molar-refractivity contribution < 1.29 is 28.4 Å². The van der Waals surface area contributed by atoms with Crippen LogP contribution < -0.4 is 0 Å². The second kappa shape index (κ2) is 6.05. The Morgan fingerprint density at radius 1 is 1.48 bits per heavy atom. The standard InChI is InChI=1S/C11H8FN3O6/c12-6-1-2-8(15(18)19)7(3-6)11-14-13-9(21-11)4-20-5-10(16)17/h1-3H,4-5H2,(H,16,17). The van der Waals surface area contributed by atoms with E-state index in [1.165, 1.54) is 0 Å². The minimum absolute atomic E-state index is 0.0789. The smallest absolute Gasteiger partial charge is 0.329 e. The van der Waals surface area contributed by atoms with Crippen molar-refractivity contribution in [3.8, 4) is 11.5 Å². The highest BCUT2D eigenvalue weighted by atomic mass is 19.1. The lowest BCUT2D eigenvalue weighted by atomic mass is 10.2. The molecular formula is C11H8FN3O6. The summed E-state index contributed by atoms with van der Waals surface area (Å²) in [6.07, 6.45) is 0. The average molecular weight is 297 g/mol. The fraction of sp³-hybridized carbons (Fsp3) is 0.182. The Labute approximate surface area is 116 Å². The first-order valence-electron chi connectivity index (χ1n) is 5.53. The van der Waals surface area contributed by atoms with Gasteiger partial charge in [0.1, 0.15) is 24.6 Å². The van der Waals surface area contributed by atoms with Gasteiger partial charge in [0.2, 0.25) is 5.89 Å². The summed E-state index contributed by atoms with van der Waals surface area (Å²) >= 11 is 0. The molecule has 0 spiro atoms. The summed E-state index contributed by atoms with van der Waals surface area (Å²) in [5, 5.41) is 26.4. The Hall–Kier alpha value is -2.88.